The Kier molecular flexibility index (Phi) is 3.89. The van der Waals surface area contributed by atoms with E-state index in [-0.39, 0.29) is 5.41 Å². The highest BCUT2D eigenvalue weighted by molar-refractivity contribution is 7.81. The lowest BCUT2D eigenvalue weighted by molar-refractivity contribution is 0.169. The van der Waals surface area contributed by atoms with Crippen LogP contribution in [0.4, 0.5) is 0 Å². The van der Waals surface area contributed by atoms with Gasteiger partial charge in [0.15, 0.2) is 0 Å². The molecule has 2 aliphatic rings. The van der Waals surface area contributed by atoms with Crippen molar-refractivity contribution in [2.24, 2.45) is 5.41 Å². The largest absolute Gasteiger partial charge is 0.353 e. The summed E-state index contributed by atoms with van der Waals surface area (Å²) in [6.45, 7) is 7.55. The maximum Gasteiger partial charge on any atom is 0.0711 e. The van der Waals surface area contributed by atoms with Crippen molar-refractivity contribution < 1.29 is 0 Å². The average Bonchev–Trinajstić information content (AvgIpc) is 2.44. The Bertz CT molecular complexity index is 574. The molecule has 0 N–H and O–H groups in total. The van der Waals surface area contributed by atoms with Gasteiger partial charge in [-0.1, -0.05) is 56.4 Å². The van der Waals surface area contributed by atoms with Crippen LogP contribution in [0.25, 0.3) is 0 Å². The van der Waals surface area contributed by atoms with Gasteiger partial charge in [0.2, 0.25) is 0 Å². The predicted molar refractivity (Wildman–Crippen MR) is 92.1 cm³/mol. The molecule has 21 heavy (non-hydrogen) atoms. The van der Waals surface area contributed by atoms with E-state index in [2.05, 4.69) is 61.0 Å². The second-order valence-electron chi connectivity index (χ2n) is 7.00. The second-order valence-corrected chi connectivity index (χ2v) is 7.41. The Morgan fingerprint density at radius 1 is 1.19 bits per heavy atom. The first kappa shape index (κ1) is 14.7. The van der Waals surface area contributed by atoms with Gasteiger partial charge >= 0.3 is 0 Å². The summed E-state index contributed by atoms with van der Waals surface area (Å²) < 4.78 is 0. The second kappa shape index (κ2) is 5.54. The van der Waals surface area contributed by atoms with Crippen molar-refractivity contribution in [2.45, 2.75) is 33.2 Å². The number of hydrogen-bond acceptors (Lipinski definition) is 3. The SMILES string of the molecule is CN1CC2=C(C(=S)C(C)(C)CC2)N(Cc2ccccc2)C1. The monoisotopic (exact) mass is 300 g/mol. The number of allylic oxidation sites excluding steroid dienone is 1. The van der Waals surface area contributed by atoms with Crippen molar-refractivity contribution in [3.8, 4) is 0 Å². The normalized spacial score (nSPS) is 22.4. The minimum atomic E-state index is 0.152. The molecule has 1 aromatic carbocycles. The molecule has 3 rings (SSSR count). The van der Waals surface area contributed by atoms with E-state index in [4.69, 9.17) is 12.2 Å². The fraction of sp³-hybridized carbons (Fsp3) is 0.500. The molecule has 0 fully saturated rings. The first-order chi connectivity index (χ1) is 9.97. The third-order valence-corrected chi connectivity index (χ3v) is 5.37. The standard InChI is InChI=1S/C18H24N2S/c1-18(2)10-9-15-12-19(3)13-20(16(15)17(18)21)11-14-7-5-4-6-8-14/h4-8H,9-13H2,1-3H3. The highest BCUT2D eigenvalue weighted by atomic mass is 32.1. The molecule has 0 radical (unpaired) electrons. The molecule has 3 heteroatoms. The van der Waals surface area contributed by atoms with Crippen LogP contribution in [0.15, 0.2) is 41.6 Å². The molecular weight excluding hydrogens is 276 g/mol. The molecule has 1 aliphatic heterocycles. The predicted octanol–water partition coefficient (Wildman–Crippen LogP) is 3.84. The van der Waals surface area contributed by atoms with Crippen molar-refractivity contribution in [3.63, 3.8) is 0 Å². The number of hydrogen-bond donors (Lipinski definition) is 0. The molecule has 0 spiro atoms. The smallest absolute Gasteiger partial charge is 0.0711 e. The summed E-state index contributed by atoms with van der Waals surface area (Å²) in [5.41, 5.74) is 4.40. The van der Waals surface area contributed by atoms with Gasteiger partial charge in [0.25, 0.3) is 0 Å². The summed E-state index contributed by atoms with van der Waals surface area (Å²) in [4.78, 5) is 6.02. The van der Waals surface area contributed by atoms with Gasteiger partial charge in [0.05, 0.1) is 12.4 Å². The van der Waals surface area contributed by atoms with Crippen LogP contribution in [0.5, 0.6) is 0 Å². The van der Waals surface area contributed by atoms with Gasteiger partial charge < -0.3 is 4.90 Å². The minimum Gasteiger partial charge on any atom is -0.353 e. The first-order valence-corrected chi connectivity index (χ1v) is 8.12. The van der Waals surface area contributed by atoms with E-state index in [0.29, 0.717) is 0 Å². The molecule has 1 aromatic rings. The van der Waals surface area contributed by atoms with Gasteiger partial charge in [-0.15, -0.1) is 0 Å². The van der Waals surface area contributed by atoms with Crippen molar-refractivity contribution in [2.75, 3.05) is 20.3 Å². The Balaban J connectivity index is 1.93. The molecule has 0 atom stereocenters. The quantitative estimate of drug-likeness (QED) is 0.766. The molecule has 0 saturated carbocycles. The Morgan fingerprint density at radius 3 is 2.62 bits per heavy atom. The lowest BCUT2D eigenvalue weighted by atomic mass is 9.75. The van der Waals surface area contributed by atoms with E-state index in [1.165, 1.54) is 29.7 Å². The Labute approximate surface area is 133 Å². The zero-order valence-electron chi connectivity index (χ0n) is 13.2. The third-order valence-electron chi connectivity index (χ3n) is 4.62. The van der Waals surface area contributed by atoms with E-state index in [1.807, 2.05) is 0 Å². The molecule has 1 heterocycles. The van der Waals surface area contributed by atoms with Gasteiger partial charge in [-0.2, -0.15) is 0 Å². The van der Waals surface area contributed by atoms with Crippen molar-refractivity contribution in [1.82, 2.24) is 9.80 Å². The van der Waals surface area contributed by atoms with Gasteiger partial charge in [-0.3, -0.25) is 4.90 Å². The van der Waals surface area contributed by atoms with Crippen LogP contribution in [0.3, 0.4) is 0 Å². The molecule has 0 bridgehead atoms. The van der Waals surface area contributed by atoms with Gasteiger partial charge in [-0.25, -0.2) is 0 Å². The van der Waals surface area contributed by atoms with E-state index < -0.39 is 0 Å². The molecule has 0 amide bonds. The summed E-state index contributed by atoms with van der Waals surface area (Å²) in [7, 11) is 2.20. The van der Waals surface area contributed by atoms with E-state index in [0.717, 1.165) is 24.6 Å². The Hall–Kier alpha value is -1.19. The van der Waals surface area contributed by atoms with Crippen LogP contribution in [-0.2, 0) is 6.54 Å². The Morgan fingerprint density at radius 2 is 1.90 bits per heavy atom. The highest BCUT2D eigenvalue weighted by Gasteiger charge is 2.37. The molecule has 112 valence electrons. The zero-order chi connectivity index (χ0) is 15.0. The summed E-state index contributed by atoms with van der Waals surface area (Å²) >= 11 is 5.85. The maximum atomic E-state index is 5.85. The molecule has 0 aromatic heterocycles. The van der Waals surface area contributed by atoms with Crippen molar-refractivity contribution >= 4 is 17.1 Å². The van der Waals surface area contributed by atoms with Crippen LogP contribution >= 0.6 is 12.2 Å². The van der Waals surface area contributed by atoms with E-state index in [1.54, 1.807) is 0 Å². The minimum absolute atomic E-state index is 0.152. The number of benzene rings is 1. The van der Waals surface area contributed by atoms with Gasteiger partial charge in [0, 0.05) is 23.4 Å². The van der Waals surface area contributed by atoms with Crippen LogP contribution < -0.4 is 0 Å². The van der Waals surface area contributed by atoms with E-state index in [9.17, 15) is 0 Å². The average molecular weight is 300 g/mol. The molecular formula is C18H24N2S. The van der Waals surface area contributed by atoms with Crippen LogP contribution in [0.1, 0.15) is 32.3 Å². The lowest BCUT2D eigenvalue weighted by Gasteiger charge is -2.45. The fourth-order valence-corrected chi connectivity index (χ4v) is 3.74. The van der Waals surface area contributed by atoms with Crippen LogP contribution in [0, 0.1) is 5.41 Å². The van der Waals surface area contributed by atoms with Crippen molar-refractivity contribution in [1.29, 1.82) is 0 Å². The fourth-order valence-electron chi connectivity index (χ4n) is 3.37. The molecule has 0 unspecified atom stereocenters. The third kappa shape index (κ3) is 2.90. The van der Waals surface area contributed by atoms with E-state index >= 15 is 0 Å². The highest BCUT2D eigenvalue weighted by Crippen LogP contribution is 2.40. The molecule has 2 nitrogen and oxygen atoms in total. The lowest BCUT2D eigenvalue weighted by Crippen LogP contribution is -2.47. The van der Waals surface area contributed by atoms with Crippen LogP contribution in [-0.4, -0.2) is 34.9 Å². The summed E-state index contributed by atoms with van der Waals surface area (Å²) in [5, 5.41) is 0. The maximum absolute atomic E-state index is 5.85. The number of likely N-dealkylation sites (N-methyl/N-ethyl adjacent to an activating group) is 1. The zero-order valence-corrected chi connectivity index (χ0v) is 14.0. The van der Waals surface area contributed by atoms with Crippen molar-refractivity contribution in [3.05, 3.63) is 47.2 Å². The summed E-state index contributed by atoms with van der Waals surface area (Å²) in [6, 6.07) is 10.7. The number of nitrogens with zero attached hydrogens (tertiary/aromatic N) is 2. The first-order valence-electron chi connectivity index (χ1n) is 7.71. The molecule has 0 saturated heterocycles. The summed E-state index contributed by atoms with van der Waals surface area (Å²) in [5.74, 6) is 0. The summed E-state index contributed by atoms with van der Waals surface area (Å²) in [6.07, 6.45) is 2.36. The number of thiocarbonyl (C=S) groups is 1. The topological polar surface area (TPSA) is 6.48 Å². The van der Waals surface area contributed by atoms with Gasteiger partial charge in [0.1, 0.15) is 0 Å². The van der Waals surface area contributed by atoms with Gasteiger partial charge in [-0.05, 0) is 31.0 Å². The number of rotatable bonds is 2. The van der Waals surface area contributed by atoms with Crippen LogP contribution in [0.2, 0.25) is 0 Å². The molecule has 1 aliphatic carbocycles.